The molecule has 1 heterocycles. The van der Waals surface area contributed by atoms with Crippen LogP contribution in [0.25, 0.3) is 22.1 Å². The molecule has 0 radical (unpaired) electrons. The van der Waals surface area contributed by atoms with E-state index in [9.17, 15) is 0 Å². The average molecular weight is 266 g/mol. The highest BCUT2D eigenvalue weighted by atomic mass is 16.3. The lowest BCUT2D eigenvalue weighted by Gasteiger charge is -2.04. The summed E-state index contributed by atoms with van der Waals surface area (Å²) in [5.41, 5.74) is 2.04. The zero-order chi connectivity index (χ0) is 13.8. The third-order valence-electron chi connectivity index (χ3n) is 3.37. The fourth-order valence-electron chi connectivity index (χ4n) is 2.34. The maximum atomic E-state index is 5.58. The smallest absolute Gasteiger partial charge is 0.181 e. The molecule has 0 bridgehead atoms. The van der Waals surface area contributed by atoms with E-state index in [2.05, 4.69) is 59.7 Å². The largest absolute Gasteiger partial charge is 0.443 e. The van der Waals surface area contributed by atoms with Crippen molar-refractivity contribution in [3.05, 3.63) is 54.6 Å². The summed E-state index contributed by atoms with van der Waals surface area (Å²) in [6.07, 6.45) is 2.64. The summed E-state index contributed by atoms with van der Waals surface area (Å²) in [4.78, 5) is 4.32. The minimum absolute atomic E-state index is 0.743. The molecule has 3 nitrogen and oxygen atoms in total. The number of oxazole rings is 1. The molecule has 102 valence electrons. The average Bonchev–Trinajstić information content (AvgIpc) is 2.95. The first-order valence-electron chi connectivity index (χ1n) is 7.00. The summed E-state index contributed by atoms with van der Waals surface area (Å²) >= 11 is 0. The topological polar surface area (TPSA) is 38.1 Å². The Morgan fingerprint density at radius 2 is 1.95 bits per heavy atom. The molecule has 0 unspecified atom stereocenters. The van der Waals surface area contributed by atoms with Crippen molar-refractivity contribution >= 4 is 10.8 Å². The molecule has 3 rings (SSSR count). The first-order chi connectivity index (χ1) is 9.88. The molecule has 0 amide bonds. The molecule has 3 heteroatoms. The monoisotopic (exact) mass is 266 g/mol. The van der Waals surface area contributed by atoms with Gasteiger partial charge in [0.15, 0.2) is 12.2 Å². The van der Waals surface area contributed by atoms with Crippen LogP contribution in [0.1, 0.15) is 19.0 Å². The number of fused-ring (bicyclic) bond motifs is 1. The van der Waals surface area contributed by atoms with Crippen molar-refractivity contribution in [1.82, 2.24) is 10.3 Å². The minimum Gasteiger partial charge on any atom is -0.443 e. The van der Waals surface area contributed by atoms with Gasteiger partial charge in [-0.2, -0.15) is 0 Å². The molecule has 0 fully saturated rings. The van der Waals surface area contributed by atoms with Crippen molar-refractivity contribution in [2.24, 2.45) is 0 Å². The standard InChI is InChI=1S/C17H18N2O/c1-2-9-18-11-16-17(20-12-19-16)15-8-7-13-5-3-4-6-14(13)10-15/h3-8,10,12,18H,2,9,11H2,1H3. The van der Waals surface area contributed by atoms with E-state index in [1.165, 1.54) is 17.2 Å². The van der Waals surface area contributed by atoms with Gasteiger partial charge in [-0.05, 0) is 29.8 Å². The van der Waals surface area contributed by atoms with Crippen molar-refractivity contribution in [3.63, 3.8) is 0 Å². The lowest BCUT2D eigenvalue weighted by atomic mass is 10.0. The van der Waals surface area contributed by atoms with Gasteiger partial charge in [0.25, 0.3) is 0 Å². The van der Waals surface area contributed by atoms with Crippen molar-refractivity contribution in [3.8, 4) is 11.3 Å². The van der Waals surface area contributed by atoms with Crippen LogP contribution in [0.5, 0.6) is 0 Å². The fraction of sp³-hybridized carbons (Fsp3) is 0.235. The number of benzene rings is 2. The van der Waals surface area contributed by atoms with Gasteiger partial charge in [0.05, 0.1) is 0 Å². The van der Waals surface area contributed by atoms with E-state index in [0.29, 0.717) is 0 Å². The highest BCUT2D eigenvalue weighted by Crippen LogP contribution is 2.26. The van der Waals surface area contributed by atoms with Gasteiger partial charge in [0.1, 0.15) is 5.69 Å². The third kappa shape index (κ3) is 2.58. The molecule has 1 aromatic heterocycles. The molecule has 0 aliphatic carbocycles. The summed E-state index contributed by atoms with van der Waals surface area (Å²) in [5, 5.41) is 5.82. The zero-order valence-electron chi connectivity index (χ0n) is 11.6. The maximum Gasteiger partial charge on any atom is 0.181 e. The molecule has 20 heavy (non-hydrogen) atoms. The van der Waals surface area contributed by atoms with Crippen LogP contribution in [0.15, 0.2) is 53.3 Å². The fourth-order valence-corrected chi connectivity index (χ4v) is 2.34. The number of aromatic nitrogens is 1. The van der Waals surface area contributed by atoms with E-state index >= 15 is 0 Å². The van der Waals surface area contributed by atoms with Crippen LogP contribution in [-0.4, -0.2) is 11.5 Å². The van der Waals surface area contributed by atoms with Crippen LogP contribution in [-0.2, 0) is 6.54 Å². The van der Waals surface area contributed by atoms with Crippen LogP contribution in [0, 0.1) is 0 Å². The van der Waals surface area contributed by atoms with Crippen molar-refractivity contribution in [2.75, 3.05) is 6.54 Å². The Hall–Kier alpha value is -2.13. The van der Waals surface area contributed by atoms with E-state index < -0.39 is 0 Å². The summed E-state index contributed by atoms with van der Waals surface area (Å²) in [6.45, 7) is 3.89. The van der Waals surface area contributed by atoms with Crippen LogP contribution >= 0.6 is 0 Å². The molecule has 3 aromatic rings. The first kappa shape index (κ1) is 12.9. The van der Waals surface area contributed by atoms with Crippen molar-refractivity contribution in [2.45, 2.75) is 19.9 Å². The quantitative estimate of drug-likeness (QED) is 0.709. The Kier molecular flexibility index (Phi) is 3.79. The Bertz CT molecular complexity index is 703. The second-order valence-corrected chi connectivity index (χ2v) is 4.87. The van der Waals surface area contributed by atoms with Gasteiger partial charge in [-0.3, -0.25) is 0 Å². The molecule has 2 aromatic carbocycles. The van der Waals surface area contributed by atoms with Crippen LogP contribution in [0.2, 0.25) is 0 Å². The summed E-state index contributed by atoms with van der Waals surface area (Å²) < 4.78 is 5.58. The highest BCUT2D eigenvalue weighted by molar-refractivity contribution is 5.86. The van der Waals surface area contributed by atoms with E-state index in [-0.39, 0.29) is 0 Å². The van der Waals surface area contributed by atoms with Gasteiger partial charge >= 0.3 is 0 Å². The van der Waals surface area contributed by atoms with E-state index in [1.54, 1.807) is 0 Å². The summed E-state index contributed by atoms with van der Waals surface area (Å²) in [7, 11) is 0. The van der Waals surface area contributed by atoms with Crippen LogP contribution in [0.3, 0.4) is 0 Å². The number of hydrogen-bond donors (Lipinski definition) is 1. The molecular formula is C17H18N2O. The number of rotatable bonds is 5. The molecule has 0 atom stereocenters. The predicted octanol–water partition coefficient (Wildman–Crippen LogP) is 3.99. The molecule has 0 spiro atoms. The predicted molar refractivity (Wildman–Crippen MR) is 81.4 cm³/mol. The van der Waals surface area contributed by atoms with E-state index in [4.69, 9.17) is 4.42 Å². The normalized spacial score (nSPS) is 11.1. The Balaban J connectivity index is 1.92. The first-order valence-corrected chi connectivity index (χ1v) is 7.00. The summed E-state index contributed by atoms with van der Waals surface area (Å²) in [5.74, 6) is 0.861. The van der Waals surface area contributed by atoms with Gasteiger partial charge < -0.3 is 9.73 Å². The minimum atomic E-state index is 0.743. The van der Waals surface area contributed by atoms with E-state index in [0.717, 1.165) is 36.5 Å². The van der Waals surface area contributed by atoms with Gasteiger partial charge in [-0.15, -0.1) is 0 Å². The number of hydrogen-bond acceptors (Lipinski definition) is 3. The molecule has 0 saturated carbocycles. The lowest BCUT2D eigenvalue weighted by molar-refractivity contribution is 0.569. The van der Waals surface area contributed by atoms with Crippen LogP contribution < -0.4 is 5.32 Å². The second kappa shape index (κ2) is 5.88. The molecule has 0 aliphatic rings. The third-order valence-corrected chi connectivity index (χ3v) is 3.37. The zero-order valence-corrected chi connectivity index (χ0v) is 11.6. The Morgan fingerprint density at radius 1 is 1.10 bits per heavy atom. The SMILES string of the molecule is CCCNCc1ncoc1-c1ccc2ccccc2c1. The number of nitrogens with one attached hydrogen (secondary N) is 1. The van der Waals surface area contributed by atoms with Crippen LogP contribution in [0.4, 0.5) is 0 Å². The van der Waals surface area contributed by atoms with Crippen molar-refractivity contribution in [1.29, 1.82) is 0 Å². The van der Waals surface area contributed by atoms with E-state index in [1.807, 2.05) is 0 Å². The molecule has 0 saturated heterocycles. The Morgan fingerprint density at radius 3 is 2.80 bits per heavy atom. The Labute approximate surface area is 118 Å². The number of nitrogens with zero attached hydrogens (tertiary/aromatic N) is 1. The van der Waals surface area contributed by atoms with Gasteiger partial charge in [0.2, 0.25) is 0 Å². The van der Waals surface area contributed by atoms with Crippen molar-refractivity contribution < 1.29 is 4.42 Å². The summed E-state index contributed by atoms with van der Waals surface area (Å²) in [6, 6.07) is 14.7. The van der Waals surface area contributed by atoms with Gasteiger partial charge in [-0.25, -0.2) is 4.98 Å². The molecular weight excluding hydrogens is 248 g/mol. The van der Waals surface area contributed by atoms with Gasteiger partial charge in [-0.1, -0.05) is 43.3 Å². The lowest BCUT2D eigenvalue weighted by Crippen LogP contribution is -2.14. The highest BCUT2D eigenvalue weighted by Gasteiger charge is 2.10. The molecule has 0 aliphatic heterocycles. The van der Waals surface area contributed by atoms with Gasteiger partial charge in [0, 0.05) is 12.1 Å². The molecule has 1 N–H and O–H groups in total. The maximum absolute atomic E-state index is 5.58. The second-order valence-electron chi connectivity index (χ2n) is 4.87.